The summed E-state index contributed by atoms with van der Waals surface area (Å²) in [6.07, 6.45) is 0. The van der Waals surface area contributed by atoms with Crippen molar-refractivity contribution in [3.8, 4) is 11.1 Å². The van der Waals surface area contributed by atoms with Crippen LogP contribution in [0.4, 0.5) is 0 Å². The molecule has 6 nitrogen and oxygen atoms in total. The Morgan fingerprint density at radius 1 is 0.862 bits per heavy atom. The molecule has 0 saturated heterocycles. The third-order valence-electron chi connectivity index (χ3n) is 4.51. The Morgan fingerprint density at radius 3 is 2.28 bits per heavy atom. The van der Waals surface area contributed by atoms with Gasteiger partial charge in [0.15, 0.2) is 0 Å². The summed E-state index contributed by atoms with van der Waals surface area (Å²) in [5, 5.41) is 17.1. The van der Waals surface area contributed by atoms with E-state index in [0.29, 0.717) is 18.7 Å². The number of nitrogens with two attached hydrogens (primary N) is 2. The highest BCUT2D eigenvalue weighted by molar-refractivity contribution is 5.96. The van der Waals surface area contributed by atoms with Gasteiger partial charge in [-0.2, -0.15) is 0 Å². The molecule has 0 unspecified atom stereocenters. The number of carbonyl (C=O) groups is 1. The van der Waals surface area contributed by atoms with E-state index in [4.69, 9.17) is 21.6 Å². The molecule has 0 saturated carbocycles. The zero-order valence-corrected chi connectivity index (χ0v) is 15.9. The minimum Gasteiger partial charge on any atom is -0.478 e. The van der Waals surface area contributed by atoms with Crippen LogP contribution in [0.25, 0.3) is 11.1 Å². The molecule has 0 bridgehead atoms. The molecular weight excluding hydrogens is 366 g/mol. The van der Waals surface area contributed by atoms with Crippen LogP contribution in [0, 0.1) is 5.41 Å². The highest BCUT2D eigenvalue weighted by Gasteiger charge is 2.10. The summed E-state index contributed by atoms with van der Waals surface area (Å²) < 4.78 is 5.80. The molecular formula is C23H23N3O3. The molecule has 6 heteroatoms. The Morgan fingerprint density at radius 2 is 1.55 bits per heavy atom. The summed E-state index contributed by atoms with van der Waals surface area (Å²) in [5.74, 6) is -1.05. The number of rotatable bonds is 8. The fraction of sp³-hybridized carbons (Fsp3) is 0.130. The molecule has 0 atom stereocenters. The van der Waals surface area contributed by atoms with Gasteiger partial charge in [-0.3, -0.25) is 5.41 Å². The van der Waals surface area contributed by atoms with Crippen molar-refractivity contribution < 1.29 is 14.6 Å². The van der Waals surface area contributed by atoms with Crippen LogP contribution in [0.15, 0.2) is 66.7 Å². The molecule has 0 aliphatic rings. The van der Waals surface area contributed by atoms with Crippen molar-refractivity contribution >= 4 is 11.8 Å². The number of carboxylic acid groups (broad SMARTS) is 1. The lowest BCUT2D eigenvalue weighted by molar-refractivity contribution is 0.0696. The number of carboxylic acids is 1. The van der Waals surface area contributed by atoms with Gasteiger partial charge < -0.3 is 21.3 Å². The summed E-state index contributed by atoms with van der Waals surface area (Å²) in [6.45, 7) is 1.14. The van der Waals surface area contributed by atoms with E-state index >= 15 is 0 Å². The van der Waals surface area contributed by atoms with Crippen molar-refractivity contribution in [2.24, 2.45) is 11.5 Å². The first-order valence-corrected chi connectivity index (χ1v) is 9.14. The molecule has 0 heterocycles. The first-order chi connectivity index (χ1) is 14.0. The van der Waals surface area contributed by atoms with Crippen molar-refractivity contribution in [2.45, 2.75) is 19.8 Å². The molecule has 0 spiro atoms. The van der Waals surface area contributed by atoms with Gasteiger partial charge in [-0.1, -0.05) is 42.5 Å². The predicted molar refractivity (Wildman–Crippen MR) is 113 cm³/mol. The van der Waals surface area contributed by atoms with E-state index < -0.39 is 5.97 Å². The highest BCUT2D eigenvalue weighted by atomic mass is 16.5. The van der Waals surface area contributed by atoms with E-state index in [1.807, 2.05) is 36.4 Å². The highest BCUT2D eigenvalue weighted by Crippen LogP contribution is 2.24. The van der Waals surface area contributed by atoms with Gasteiger partial charge in [0.1, 0.15) is 5.84 Å². The van der Waals surface area contributed by atoms with E-state index in [1.54, 1.807) is 30.3 Å². The smallest absolute Gasteiger partial charge is 0.335 e. The second kappa shape index (κ2) is 9.14. The molecule has 148 valence electrons. The van der Waals surface area contributed by atoms with Crippen molar-refractivity contribution in [3.63, 3.8) is 0 Å². The maximum Gasteiger partial charge on any atom is 0.335 e. The van der Waals surface area contributed by atoms with Crippen molar-refractivity contribution in [1.82, 2.24) is 0 Å². The van der Waals surface area contributed by atoms with Gasteiger partial charge in [-0.05, 0) is 52.1 Å². The zero-order valence-electron chi connectivity index (χ0n) is 15.9. The number of ether oxygens (including phenoxy) is 1. The van der Waals surface area contributed by atoms with E-state index in [-0.39, 0.29) is 18.0 Å². The van der Waals surface area contributed by atoms with Crippen LogP contribution in [0.3, 0.4) is 0 Å². The van der Waals surface area contributed by atoms with Crippen LogP contribution in [-0.2, 0) is 24.5 Å². The first kappa shape index (κ1) is 20.3. The molecule has 3 rings (SSSR count). The van der Waals surface area contributed by atoms with Crippen LogP contribution < -0.4 is 11.5 Å². The monoisotopic (exact) mass is 389 g/mol. The lowest BCUT2D eigenvalue weighted by Crippen LogP contribution is -2.10. The van der Waals surface area contributed by atoms with E-state index in [9.17, 15) is 9.90 Å². The second-order valence-corrected chi connectivity index (χ2v) is 6.74. The van der Waals surface area contributed by atoms with Crippen LogP contribution in [0.1, 0.15) is 32.6 Å². The lowest BCUT2D eigenvalue weighted by Gasteiger charge is -2.11. The maximum atomic E-state index is 11.6. The average molecular weight is 389 g/mol. The Bertz CT molecular complexity index is 1050. The van der Waals surface area contributed by atoms with E-state index in [2.05, 4.69) is 0 Å². The number of aromatic carboxylic acids is 1. The summed E-state index contributed by atoms with van der Waals surface area (Å²) in [5.41, 5.74) is 16.3. The molecule has 29 heavy (non-hydrogen) atoms. The Kier molecular flexibility index (Phi) is 6.39. The van der Waals surface area contributed by atoms with Gasteiger partial charge >= 0.3 is 5.97 Å². The van der Waals surface area contributed by atoms with Crippen molar-refractivity contribution in [1.29, 1.82) is 5.41 Å². The van der Waals surface area contributed by atoms with Crippen molar-refractivity contribution in [2.75, 3.05) is 0 Å². The first-order valence-electron chi connectivity index (χ1n) is 9.14. The van der Waals surface area contributed by atoms with Gasteiger partial charge in [-0.15, -0.1) is 0 Å². The average Bonchev–Trinajstić information content (AvgIpc) is 2.73. The summed E-state index contributed by atoms with van der Waals surface area (Å²) in [4.78, 5) is 11.6. The predicted octanol–water partition coefficient (Wildman–Crippen LogP) is 3.51. The molecule has 3 aromatic rings. The fourth-order valence-corrected chi connectivity index (χ4v) is 3.06. The third kappa shape index (κ3) is 5.28. The summed E-state index contributed by atoms with van der Waals surface area (Å²) >= 11 is 0. The van der Waals surface area contributed by atoms with Crippen molar-refractivity contribution in [3.05, 3.63) is 94.5 Å². The molecule has 0 radical (unpaired) electrons. The SMILES string of the molecule is N=C(N)c1cccc(-c2cc(COCc3cccc(CN)c3)cc(C(=O)O)c2)c1. The molecule has 0 amide bonds. The molecule has 0 fully saturated rings. The largest absolute Gasteiger partial charge is 0.478 e. The Balaban J connectivity index is 1.82. The lowest BCUT2D eigenvalue weighted by atomic mass is 9.98. The summed E-state index contributed by atoms with van der Waals surface area (Å²) in [6, 6.07) is 20.1. The Hall–Kier alpha value is -3.48. The minimum absolute atomic E-state index is 0.0375. The third-order valence-corrected chi connectivity index (χ3v) is 4.51. The van der Waals surface area contributed by atoms with Gasteiger partial charge in [0.25, 0.3) is 0 Å². The van der Waals surface area contributed by atoms with E-state index in [0.717, 1.165) is 27.8 Å². The number of benzene rings is 3. The second-order valence-electron chi connectivity index (χ2n) is 6.74. The molecule has 6 N–H and O–H groups in total. The summed E-state index contributed by atoms with van der Waals surface area (Å²) in [7, 11) is 0. The molecule has 0 aliphatic carbocycles. The number of hydrogen-bond acceptors (Lipinski definition) is 4. The van der Waals surface area contributed by atoms with Crippen LogP contribution in [0.5, 0.6) is 0 Å². The van der Waals surface area contributed by atoms with Gasteiger partial charge in [0.05, 0.1) is 18.8 Å². The molecule has 0 aromatic heterocycles. The quantitative estimate of drug-likeness (QED) is 0.347. The van der Waals surface area contributed by atoms with Gasteiger partial charge in [0, 0.05) is 12.1 Å². The number of nitrogens with one attached hydrogen (secondary N) is 1. The van der Waals surface area contributed by atoms with Crippen LogP contribution in [0.2, 0.25) is 0 Å². The Labute approximate surface area is 169 Å². The number of nitrogen functional groups attached to an aromatic ring is 1. The molecule has 0 aliphatic heterocycles. The zero-order chi connectivity index (χ0) is 20.8. The molecule has 3 aromatic carbocycles. The normalized spacial score (nSPS) is 10.7. The minimum atomic E-state index is -1.01. The number of amidine groups is 1. The van der Waals surface area contributed by atoms with Crippen LogP contribution >= 0.6 is 0 Å². The maximum absolute atomic E-state index is 11.6. The van der Waals surface area contributed by atoms with E-state index in [1.165, 1.54) is 0 Å². The number of hydrogen-bond donors (Lipinski definition) is 4. The van der Waals surface area contributed by atoms with Crippen LogP contribution in [-0.4, -0.2) is 16.9 Å². The van der Waals surface area contributed by atoms with Gasteiger partial charge in [-0.25, -0.2) is 4.79 Å². The fourth-order valence-electron chi connectivity index (χ4n) is 3.06. The standard InChI is InChI=1S/C23H23N3O3/c24-12-15-3-1-4-16(7-15)13-29-14-17-8-20(11-21(9-17)23(27)28)18-5-2-6-19(10-18)22(25)26/h1-11H,12-14,24H2,(H3,25,26)(H,27,28). The van der Waals surface area contributed by atoms with Gasteiger partial charge in [0.2, 0.25) is 0 Å². The topological polar surface area (TPSA) is 122 Å².